The number of aliphatic hydroxyl groups excluding tert-OH is 1. The Morgan fingerprint density at radius 3 is 2.25 bits per heavy atom. The fourth-order valence-corrected chi connectivity index (χ4v) is 4.32. The Labute approximate surface area is 184 Å². The molecule has 0 spiro atoms. The van der Waals surface area contributed by atoms with Crippen LogP contribution >= 0.6 is 0 Å². The third-order valence-corrected chi connectivity index (χ3v) is 5.84. The van der Waals surface area contributed by atoms with Gasteiger partial charge in [0.2, 0.25) is 0 Å². The minimum absolute atomic E-state index is 0.0373. The number of carbonyl (C=O) groups excluding carboxylic acids is 1. The monoisotopic (exact) mass is 440 g/mol. The van der Waals surface area contributed by atoms with E-state index in [2.05, 4.69) is 5.10 Å². The topological polar surface area (TPSA) is 55.1 Å². The summed E-state index contributed by atoms with van der Waals surface area (Å²) in [6, 6.07) is 17.7. The molecule has 1 N–H and O–H groups in total. The average Bonchev–Trinajstić information content (AvgIpc) is 3.08. The second kappa shape index (κ2) is 8.65. The standard InChI is InChI=1S/C25H23F3N2O2/c1-16-21(24(25(26,27)28)29-30(16)15-17-9-4-2-5-10-17)22(18-11-6-3-7-12-18)23-19(31)13-8-14-20(23)32/h2-7,9-12,22,31H,8,13-15H2,1H3. The molecule has 0 aliphatic heterocycles. The van der Waals surface area contributed by atoms with E-state index in [0.29, 0.717) is 17.7 Å². The molecule has 32 heavy (non-hydrogen) atoms. The zero-order valence-electron chi connectivity index (χ0n) is 17.6. The van der Waals surface area contributed by atoms with Crippen molar-refractivity contribution in [3.05, 3.63) is 100 Å². The van der Waals surface area contributed by atoms with Gasteiger partial charge in [0.05, 0.1) is 12.3 Å². The number of hydrogen-bond donors (Lipinski definition) is 1. The highest BCUT2D eigenvalue weighted by molar-refractivity contribution is 5.99. The third kappa shape index (κ3) is 4.20. The third-order valence-electron chi connectivity index (χ3n) is 5.84. The van der Waals surface area contributed by atoms with Gasteiger partial charge in [0.15, 0.2) is 11.5 Å². The summed E-state index contributed by atoms with van der Waals surface area (Å²) < 4.78 is 43.9. The number of aliphatic hydroxyl groups is 1. The van der Waals surface area contributed by atoms with Crippen molar-refractivity contribution in [1.82, 2.24) is 9.78 Å². The number of halogens is 3. The first-order valence-electron chi connectivity index (χ1n) is 10.5. The van der Waals surface area contributed by atoms with Gasteiger partial charge in [-0.05, 0) is 24.5 Å². The summed E-state index contributed by atoms with van der Waals surface area (Å²) in [6.45, 7) is 1.75. The molecule has 166 valence electrons. The molecule has 0 bridgehead atoms. The van der Waals surface area contributed by atoms with Gasteiger partial charge in [-0.15, -0.1) is 0 Å². The van der Waals surface area contributed by atoms with Gasteiger partial charge in [-0.25, -0.2) is 0 Å². The van der Waals surface area contributed by atoms with Gasteiger partial charge >= 0.3 is 6.18 Å². The average molecular weight is 440 g/mol. The molecule has 2 aromatic carbocycles. The number of Topliss-reactive ketones (excluding diaryl/α,β-unsaturated/α-hetero) is 1. The summed E-state index contributed by atoms with van der Waals surface area (Å²) in [5.74, 6) is -1.52. The van der Waals surface area contributed by atoms with Gasteiger partial charge < -0.3 is 5.11 Å². The molecule has 1 aromatic heterocycles. The number of ketones is 1. The van der Waals surface area contributed by atoms with E-state index in [-0.39, 0.29) is 42.1 Å². The second-order valence-electron chi connectivity index (χ2n) is 7.97. The highest BCUT2D eigenvalue weighted by atomic mass is 19.4. The fourth-order valence-electron chi connectivity index (χ4n) is 4.32. The van der Waals surface area contributed by atoms with Gasteiger partial charge in [0, 0.05) is 35.6 Å². The molecule has 1 unspecified atom stereocenters. The summed E-state index contributed by atoms with van der Waals surface area (Å²) >= 11 is 0. The molecule has 1 atom stereocenters. The van der Waals surface area contributed by atoms with Crippen molar-refractivity contribution in [2.45, 2.75) is 44.8 Å². The summed E-state index contributed by atoms with van der Waals surface area (Å²) in [6.07, 6.45) is -3.78. The maximum absolute atomic E-state index is 14.2. The number of alkyl halides is 3. The first-order valence-corrected chi connectivity index (χ1v) is 10.5. The van der Waals surface area contributed by atoms with Crippen LogP contribution in [0.4, 0.5) is 13.2 Å². The van der Waals surface area contributed by atoms with Crippen LogP contribution in [-0.2, 0) is 17.5 Å². The summed E-state index contributed by atoms with van der Waals surface area (Å²) in [4.78, 5) is 12.8. The molecule has 1 aliphatic carbocycles. The smallest absolute Gasteiger partial charge is 0.435 e. The van der Waals surface area contributed by atoms with Crippen LogP contribution in [0.3, 0.4) is 0 Å². The predicted octanol–water partition coefficient (Wildman–Crippen LogP) is 5.96. The van der Waals surface area contributed by atoms with E-state index in [0.717, 1.165) is 5.56 Å². The number of benzene rings is 2. The normalized spacial score (nSPS) is 15.8. The van der Waals surface area contributed by atoms with Crippen molar-refractivity contribution in [2.24, 2.45) is 0 Å². The number of rotatable bonds is 5. The lowest BCUT2D eigenvalue weighted by Crippen LogP contribution is -2.22. The number of carbonyl (C=O) groups is 1. The molecule has 0 saturated heterocycles. The molecule has 3 aromatic rings. The quantitative estimate of drug-likeness (QED) is 0.533. The Hall–Kier alpha value is -3.35. The van der Waals surface area contributed by atoms with Crippen molar-refractivity contribution < 1.29 is 23.1 Å². The van der Waals surface area contributed by atoms with E-state index in [4.69, 9.17) is 0 Å². The summed E-state index contributed by atoms with van der Waals surface area (Å²) in [7, 11) is 0. The van der Waals surface area contributed by atoms with Gasteiger partial charge in [-0.1, -0.05) is 60.7 Å². The number of aromatic nitrogens is 2. The van der Waals surface area contributed by atoms with Crippen LogP contribution in [0.2, 0.25) is 0 Å². The van der Waals surface area contributed by atoms with Crippen molar-refractivity contribution in [2.75, 3.05) is 0 Å². The van der Waals surface area contributed by atoms with E-state index < -0.39 is 17.8 Å². The highest BCUT2D eigenvalue weighted by Crippen LogP contribution is 2.44. The Kier molecular flexibility index (Phi) is 5.91. The lowest BCUT2D eigenvalue weighted by atomic mass is 9.78. The molecular weight excluding hydrogens is 417 g/mol. The highest BCUT2D eigenvalue weighted by Gasteiger charge is 2.43. The van der Waals surface area contributed by atoms with Crippen LogP contribution in [0, 0.1) is 6.92 Å². The fraction of sp³-hybridized carbons (Fsp3) is 0.280. The minimum atomic E-state index is -4.72. The lowest BCUT2D eigenvalue weighted by Gasteiger charge is -2.26. The van der Waals surface area contributed by atoms with Crippen LogP contribution in [0.1, 0.15) is 53.3 Å². The molecule has 7 heteroatoms. The molecule has 1 aliphatic rings. The van der Waals surface area contributed by atoms with Crippen molar-refractivity contribution in [1.29, 1.82) is 0 Å². The molecule has 0 amide bonds. The van der Waals surface area contributed by atoms with Gasteiger partial charge in [-0.2, -0.15) is 18.3 Å². The Morgan fingerprint density at radius 2 is 1.66 bits per heavy atom. The molecular formula is C25H23F3N2O2. The predicted molar refractivity (Wildman–Crippen MR) is 114 cm³/mol. The van der Waals surface area contributed by atoms with Gasteiger partial charge in [-0.3, -0.25) is 9.48 Å². The molecule has 0 fully saturated rings. The SMILES string of the molecule is Cc1c(C(C2=C(O)CCCC2=O)c2ccccc2)c(C(F)(F)F)nn1Cc1ccccc1. The van der Waals surface area contributed by atoms with Crippen molar-refractivity contribution in [3.8, 4) is 0 Å². The lowest BCUT2D eigenvalue weighted by molar-refractivity contribution is -0.142. The Morgan fingerprint density at radius 1 is 1.03 bits per heavy atom. The van der Waals surface area contributed by atoms with E-state index >= 15 is 0 Å². The molecule has 4 rings (SSSR count). The summed E-state index contributed by atoms with van der Waals surface area (Å²) in [5, 5.41) is 14.6. The van der Waals surface area contributed by atoms with E-state index in [1.165, 1.54) is 4.68 Å². The number of hydrogen-bond acceptors (Lipinski definition) is 3. The molecule has 0 saturated carbocycles. The van der Waals surface area contributed by atoms with E-state index in [1.807, 2.05) is 30.3 Å². The number of allylic oxidation sites excluding steroid dienone is 2. The maximum atomic E-state index is 14.2. The van der Waals surface area contributed by atoms with E-state index in [1.54, 1.807) is 37.3 Å². The first kappa shape index (κ1) is 21.9. The van der Waals surface area contributed by atoms with Crippen LogP contribution < -0.4 is 0 Å². The van der Waals surface area contributed by atoms with Crippen LogP contribution in [0.15, 0.2) is 72.0 Å². The molecule has 0 radical (unpaired) electrons. The molecule has 4 nitrogen and oxygen atoms in total. The van der Waals surface area contributed by atoms with Crippen LogP contribution in [0.25, 0.3) is 0 Å². The van der Waals surface area contributed by atoms with Crippen molar-refractivity contribution in [3.63, 3.8) is 0 Å². The summed E-state index contributed by atoms with van der Waals surface area (Å²) in [5.41, 5.74) is 0.557. The second-order valence-corrected chi connectivity index (χ2v) is 7.97. The number of nitrogens with zero attached hydrogens (tertiary/aromatic N) is 2. The zero-order valence-corrected chi connectivity index (χ0v) is 17.6. The maximum Gasteiger partial charge on any atom is 0.435 e. The van der Waals surface area contributed by atoms with Crippen LogP contribution in [0.5, 0.6) is 0 Å². The Bertz CT molecular complexity index is 1150. The van der Waals surface area contributed by atoms with Crippen LogP contribution in [-0.4, -0.2) is 20.7 Å². The van der Waals surface area contributed by atoms with Gasteiger partial charge in [0.1, 0.15) is 0 Å². The van der Waals surface area contributed by atoms with Gasteiger partial charge in [0.25, 0.3) is 0 Å². The Balaban J connectivity index is 1.95. The minimum Gasteiger partial charge on any atom is -0.512 e. The molecule has 1 heterocycles. The van der Waals surface area contributed by atoms with Crippen molar-refractivity contribution >= 4 is 5.78 Å². The largest absolute Gasteiger partial charge is 0.512 e. The zero-order chi connectivity index (χ0) is 22.9. The first-order chi connectivity index (χ1) is 15.3. The van der Waals surface area contributed by atoms with E-state index in [9.17, 15) is 23.1 Å².